The Kier molecular flexibility index (Phi) is 3.91. The lowest BCUT2D eigenvalue weighted by atomic mass is 10.0. The number of primary amides is 1. The first-order chi connectivity index (χ1) is 10.5. The molecule has 0 atom stereocenters. The quantitative estimate of drug-likeness (QED) is 0.745. The lowest BCUT2D eigenvalue weighted by Crippen LogP contribution is -2.12. The van der Waals surface area contributed by atoms with Gasteiger partial charge in [0.2, 0.25) is 0 Å². The molecule has 0 unspecified atom stereocenters. The van der Waals surface area contributed by atoms with Crippen LogP contribution in [-0.4, -0.2) is 15.9 Å². The molecule has 0 radical (unpaired) electrons. The summed E-state index contributed by atoms with van der Waals surface area (Å²) >= 11 is 18.5. The summed E-state index contributed by atoms with van der Waals surface area (Å²) in [5, 5.41) is 1.01. The van der Waals surface area contributed by atoms with Crippen molar-refractivity contribution in [3.8, 4) is 11.1 Å². The average molecular weight is 353 g/mol. The van der Waals surface area contributed by atoms with Crippen LogP contribution < -0.4 is 5.73 Å². The highest BCUT2D eigenvalue weighted by atomic mass is 35.5. The van der Waals surface area contributed by atoms with E-state index in [1.165, 1.54) is 6.20 Å². The number of carbonyl (C=O) groups is 1. The second kappa shape index (κ2) is 5.72. The van der Waals surface area contributed by atoms with Gasteiger partial charge in [-0.2, -0.15) is 0 Å². The van der Waals surface area contributed by atoms with E-state index in [0.717, 1.165) is 5.56 Å². The molecule has 110 valence electrons. The van der Waals surface area contributed by atoms with Gasteiger partial charge in [-0.1, -0.05) is 46.9 Å². The molecule has 0 aliphatic heterocycles. The second-order valence-corrected chi connectivity index (χ2v) is 5.67. The van der Waals surface area contributed by atoms with Gasteiger partial charge in [-0.05, 0) is 12.1 Å². The lowest BCUT2D eigenvalue weighted by molar-refractivity contribution is 0.1000. The van der Waals surface area contributed by atoms with Crippen LogP contribution >= 0.6 is 34.8 Å². The lowest BCUT2D eigenvalue weighted by Gasteiger charge is -2.10. The number of carbonyl (C=O) groups excluding carboxylic acids is 1. The molecule has 2 N–H and O–H groups in total. The zero-order chi connectivity index (χ0) is 15.9. The number of hydrogen-bond acceptors (Lipinski definition) is 3. The second-order valence-electron chi connectivity index (χ2n) is 4.51. The molecule has 0 aliphatic rings. The van der Waals surface area contributed by atoms with E-state index in [9.17, 15) is 4.79 Å². The number of nitrogens with zero attached hydrogens (tertiary/aromatic N) is 2. The molecule has 0 saturated carbocycles. The number of nitrogens with two attached hydrogens (primary N) is 1. The maximum atomic E-state index is 11.4. The maximum Gasteiger partial charge on any atom is 0.251 e. The number of fused-ring (bicyclic) bond motifs is 1. The highest BCUT2D eigenvalue weighted by Crippen LogP contribution is 2.37. The molecular weight excluding hydrogens is 345 g/mol. The Morgan fingerprint density at radius 2 is 1.73 bits per heavy atom. The molecule has 4 nitrogen and oxygen atoms in total. The minimum absolute atomic E-state index is 0.121. The molecule has 7 heteroatoms. The summed E-state index contributed by atoms with van der Waals surface area (Å²) < 4.78 is 0. The molecule has 1 aromatic carbocycles. The van der Waals surface area contributed by atoms with Gasteiger partial charge < -0.3 is 5.73 Å². The molecule has 2 heterocycles. The van der Waals surface area contributed by atoms with Crippen LogP contribution in [0.1, 0.15) is 10.4 Å². The van der Waals surface area contributed by atoms with Gasteiger partial charge >= 0.3 is 0 Å². The van der Waals surface area contributed by atoms with Crippen LogP contribution in [0.25, 0.3) is 22.2 Å². The SMILES string of the molecule is NC(=O)c1cnc2c(-c3cccc(Cl)c3Cl)ccnc2c1Cl. The van der Waals surface area contributed by atoms with Crippen LogP contribution in [0.5, 0.6) is 0 Å². The summed E-state index contributed by atoms with van der Waals surface area (Å²) in [5.74, 6) is -0.660. The van der Waals surface area contributed by atoms with Crippen LogP contribution in [0.15, 0.2) is 36.7 Å². The van der Waals surface area contributed by atoms with Gasteiger partial charge in [-0.3, -0.25) is 14.8 Å². The summed E-state index contributed by atoms with van der Waals surface area (Å²) in [6.07, 6.45) is 2.89. The fraction of sp³-hybridized carbons (Fsp3) is 0. The van der Waals surface area contributed by atoms with E-state index in [2.05, 4.69) is 9.97 Å². The van der Waals surface area contributed by atoms with Gasteiger partial charge in [-0.25, -0.2) is 0 Å². The molecule has 0 fully saturated rings. The van der Waals surface area contributed by atoms with Crippen molar-refractivity contribution in [2.75, 3.05) is 0 Å². The fourth-order valence-electron chi connectivity index (χ4n) is 2.16. The number of pyridine rings is 2. The zero-order valence-corrected chi connectivity index (χ0v) is 13.2. The number of amides is 1. The van der Waals surface area contributed by atoms with Gasteiger partial charge in [0, 0.05) is 23.5 Å². The molecule has 22 heavy (non-hydrogen) atoms. The Balaban J connectivity index is 2.35. The molecule has 0 saturated heterocycles. The summed E-state index contributed by atoms with van der Waals surface area (Å²) in [6.45, 7) is 0. The first-order valence-corrected chi connectivity index (χ1v) is 7.31. The molecule has 0 spiro atoms. The number of halogens is 3. The van der Waals surface area contributed by atoms with Crippen LogP contribution in [-0.2, 0) is 0 Å². The van der Waals surface area contributed by atoms with Crippen molar-refractivity contribution in [1.82, 2.24) is 9.97 Å². The number of benzene rings is 1. The maximum absolute atomic E-state index is 11.4. The highest BCUT2D eigenvalue weighted by Gasteiger charge is 2.16. The Morgan fingerprint density at radius 1 is 0.955 bits per heavy atom. The average Bonchev–Trinajstić information content (AvgIpc) is 2.50. The van der Waals surface area contributed by atoms with Crippen LogP contribution in [0.3, 0.4) is 0 Å². The largest absolute Gasteiger partial charge is 0.366 e. The van der Waals surface area contributed by atoms with Crippen molar-refractivity contribution in [2.45, 2.75) is 0 Å². The van der Waals surface area contributed by atoms with E-state index in [0.29, 0.717) is 26.6 Å². The normalized spacial score (nSPS) is 10.9. The Hall–Kier alpha value is -1.88. The van der Waals surface area contributed by atoms with Gasteiger partial charge in [0.15, 0.2) is 0 Å². The highest BCUT2D eigenvalue weighted by molar-refractivity contribution is 6.44. The van der Waals surface area contributed by atoms with Crippen molar-refractivity contribution < 1.29 is 4.79 Å². The summed E-state index contributed by atoms with van der Waals surface area (Å²) in [4.78, 5) is 19.8. The van der Waals surface area contributed by atoms with Gasteiger partial charge in [-0.15, -0.1) is 0 Å². The summed E-state index contributed by atoms with van der Waals surface area (Å²) in [6, 6.07) is 7.06. The van der Waals surface area contributed by atoms with Gasteiger partial charge in [0.25, 0.3) is 5.91 Å². The van der Waals surface area contributed by atoms with Crippen molar-refractivity contribution in [2.24, 2.45) is 5.73 Å². The van der Waals surface area contributed by atoms with Gasteiger partial charge in [0.05, 0.1) is 26.1 Å². The van der Waals surface area contributed by atoms with Crippen molar-refractivity contribution in [3.05, 3.63) is 57.3 Å². The van der Waals surface area contributed by atoms with E-state index in [1.54, 1.807) is 24.4 Å². The monoisotopic (exact) mass is 351 g/mol. The standard InChI is InChI=1S/C15H8Cl3N3O/c16-10-3-1-2-7(11(10)17)8-4-5-20-14-12(18)9(15(19)22)6-21-13(8)14/h1-6H,(H2,19,22). The predicted molar refractivity (Wildman–Crippen MR) is 88.5 cm³/mol. The van der Waals surface area contributed by atoms with Crippen molar-refractivity contribution in [1.29, 1.82) is 0 Å². The molecular formula is C15H8Cl3N3O. The molecule has 0 bridgehead atoms. The third-order valence-electron chi connectivity index (χ3n) is 3.20. The van der Waals surface area contributed by atoms with Crippen LogP contribution in [0.4, 0.5) is 0 Å². The molecule has 0 aliphatic carbocycles. The summed E-state index contributed by atoms with van der Waals surface area (Å²) in [5.41, 5.74) is 7.71. The van der Waals surface area contributed by atoms with E-state index < -0.39 is 5.91 Å². The Labute approximate surface area is 140 Å². The van der Waals surface area contributed by atoms with E-state index in [1.807, 2.05) is 6.07 Å². The topological polar surface area (TPSA) is 68.9 Å². The third-order valence-corrected chi connectivity index (χ3v) is 4.40. The van der Waals surface area contributed by atoms with Crippen molar-refractivity contribution in [3.63, 3.8) is 0 Å². The first kappa shape index (κ1) is 15.0. The van der Waals surface area contributed by atoms with Crippen molar-refractivity contribution >= 4 is 51.7 Å². The van der Waals surface area contributed by atoms with E-state index >= 15 is 0 Å². The number of hydrogen-bond donors (Lipinski definition) is 1. The minimum atomic E-state index is -0.660. The molecule has 3 rings (SSSR count). The predicted octanol–water partition coefficient (Wildman–Crippen LogP) is 4.36. The van der Waals surface area contributed by atoms with E-state index in [-0.39, 0.29) is 10.6 Å². The summed E-state index contributed by atoms with van der Waals surface area (Å²) in [7, 11) is 0. The molecule has 2 aromatic heterocycles. The minimum Gasteiger partial charge on any atom is -0.366 e. The number of aromatic nitrogens is 2. The van der Waals surface area contributed by atoms with Crippen LogP contribution in [0, 0.1) is 0 Å². The first-order valence-electron chi connectivity index (χ1n) is 6.18. The smallest absolute Gasteiger partial charge is 0.251 e. The van der Waals surface area contributed by atoms with Crippen LogP contribution in [0.2, 0.25) is 15.1 Å². The Morgan fingerprint density at radius 3 is 2.45 bits per heavy atom. The number of rotatable bonds is 2. The third kappa shape index (κ3) is 2.39. The van der Waals surface area contributed by atoms with Gasteiger partial charge in [0.1, 0.15) is 5.52 Å². The van der Waals surface area contributed by atoms with E-state index in [4.69, 9.17) is 40.5 Å². The molecule has 3 aromatic rings. The molecule has 1 amide bonds. The zero-order valence-electron chi connectivity index (χ0n) is 11.0. The fourth-order valence-corrected chi connectivity index (χ4v) is 2.84. The Bertz CT molecular complexity index is 912.